The van der Waals surface area contributed by atoms with Gasteiger partial charge in [0.25, 0.3) is 5.91 Å². The van der Waals surface area contributed by atoms with Crippen molar-refractivity contribution < 1.29 is 13.2 Å². The van der Waals surface area contributed by atoms with Crippen LogP contribution < -0.4 is 9.62 Å². The summed E-state index contributed by atoms with van der Waals surface area (Å²) in [6.45, 7) is 0.416. The number of benzene rings is 1. The van der Waals surface area contributed by atoms with Gasteiger partial charge in [-0.3, -0.25) is 19.4 Å². The fourth-order valence-corrected chi connectivity index (χ4v) is 5.64. The number of anilines is 2. The number of hydrogen-bond donors (Lipinski definition) is 1. The van der Waals surface area contributed by atoms with E-state index in [2.05, 4.69) is 15.3 Å². The molecule has 7 nitrogen and oxygen atoms in total. The normalized spacial score (nSPS) is 15.8. The molecule has 3 aromatic rings. The number of amides is 1. The number of nitrogens with one attached hydrogen (secondary N) is 1. The molecule has 1 amide bonds. The summed E-state index contributed by atoms with van der Waals surface area (Å²) in [6.07, 6.45) is 3.12. The number of pyridine rings is 1. The van der Waals surface area contributed by atoms with Crippen molar-refractivity contribution in [1.29, 1.82) is 0 Å². The molecule has 0 saturated carbocycles. The second-order valence-corrected chi connectivity index (χ2v) is 9.74. The smallest absolute Gasteiger partial charge is 0.258 e. The summed E-state index contributed by atoms with van der Waals surface area (Å²) in [5.41, 5.74) is 2.11. The Balaban J connectivity index is 1.52. The molecule has 1 aromatic carbocycles. The number of carbonyl (C=O) groups is 1. The van der Waals surface area contributed by atoms with Gasteiger partial charge in [-0.25, -0.2) is 13.4 Å². The lowest BCUT2D eigenvalue weighted by atomic mass is 10.2. The molecule has 29 heavy (non-hydrogen) atoms. The summed E-state index contributed by atoms with van der Waals surface area (Å²) in [5.74, 6) is -0.292. The molecule has 150 valence electrons. The number of nitrogens with zero attached hydrogens (tertiary/aromatic N) is 3. The molecule has 0 unspecified atom stereocenters. The van der Waals surface area contributed by atoms with E-state index in [1.54, 1.807) is 12.3 Å². The van der Waals surface area contributed by atoms with Crippen LogP contribution in [0.5, 0.6) is 0 Å². The number of thiazole rings is 1. The fourth-order valence-electron chi connectivity index (χ4n) is 3.05. The molecule has 1 fully saturated rings. The molecule has 10 heteroatoms. The predicted molar refractivity (Wildman–Crippen MR) is 115 cm³/mol. The first-order chi connectivity index (χ1) is 13.9. The van der Waals surface area contributed by atoms with Gasteiger partial charge >= 0.3 is 0 Å². The molecular weight excluding hydrogens is 432 g/mol. The molecule has 3 heterocycles. The Labute approximate surface area is 177 Å². The van der Waals surface area contributed by atoms with E-state index >= 15 is 0 Å². The summed E-state index contributed by atoms with van der Waals surface area (Å²) >= 11 is 7.58. The van der Waals surface area contributed by atoms with E-state index in [-0.39, 0.29) is 16.3 Å². The van der Waals surface area contributed by atoms with E-state index in [9.17, 15) is 13.2 Å². The van der Waals surface area contributed by atoms with Crippen LogP contribution >= 0.6 is 22.9 Å². The minimum Gasteiger partial charge on any atom is -0.298 e. The topological polar surface area (TPSA) is 92.3 Å². The average Bonchev–Trinajstić information content (AvgIpc) is 3.16. The van der Waals surface area contributed by atoms with Crippen molar-refractivity contribution in [3.63, 3.8) is 0 Å². The summed E-state index contributed by atoms with van der Waals surface area (Å²) < 4.78 is 25.9. The van der Waals surface area contributed by atoms with Gasteiger partial charge in [0.1, 0.15) is 5.69 Å². The van der Waals surface area contributed by atoms with Gasteiger partial charge in [-0.05, 0) is 43.2 Å². The maximum atomic E-state index is 12.6. The lowest BCUT2D eigenvalue weighted by molar-refractivity contribution is 0.102. The Morgan fingerprint density at radius 1 is 1.17 bits per heavy atom. The first-order valence-corrected chi connectivity index (χ1v) is 11.8. The minimum atomic E-state index is -3.34. The highest BCUT2D eigenvalue weighted by Gasteiger charge is 2.27. The van der Waals surface area contributed by atoms with E-state index in [0.29, 0.717) is 29.5 Å². The summed E-state index contributed by atoms with van der Waals surface area (Å²) in [6, 6.07) is 10.2. The molecule has 0 bridgehead atoms. The van der Waals surface area contributed by atoms with Crippen LogP contribution in [-0.2, 0) is 10.0 Å². The predicted octanol–water partition coefficient (Wildman–Crippen LogP) is 4.04. The highest BCUT2D eigenvalue weighted by Crippen LogP contribution is 2.29. The molecule has 2 aromatic heterocycles. The average molecular weight is 449 g/mol. The fraction of sp³-hybridized carbons (Fsp3) is 0.211. The molecule has 1 aliphatic rings. The van der Waals surface area contributed by atoms with Crippen molar-refractivity contribution in [2.24, 2.45) is 0 Å². The number of hydrogen-bond acceptors (Lipinski definition) is 6. The summed E-state index contributed by atoms with van der Waals surface area (Å²) in [4.78, 5) is 21.2. The lowest BCUT2D eigenvalue weighted by Crippen LogP contribution is -2.37. The molecule has 1 saturated heterocycles. The molecule has 1 aliphatic heterocycles. The van der Waals surface area contributed by atoms with Crippen LogP contribution in [0.3, 0.4) is 0 Å². The van der Waals surface area contributed by atoms with Crippen molar-refractivity contribution in [3.8, 4) is 11.4 Å². The number of carbonyl (C=O) groups excluding carboxylic acids is 1. The van der Waals surface area contributed by atoms with Gasteiger partial charge in [0.15, 0.2) is 5.13 Å². The van der Waals surface area contributed by atoms with Crippen molar-refractivity contribution in [1.82, 2.24) is 9.97 Å². The Hall–Kier alpha value is -2.49. The third kappa shape index (κ3) is 4.26. The van der Waals surface area contributed by atoms with Crippen LogP contribution in [0.15, 0.2) is 48.0 Å². The van der Waals surface area contributed by atoms with E-state index in [1.807, 2.05) is 23.6 Å². The zero-order valence-electron chi connectivity index (χ0n) is 15.2. The third-order valence-electron chi connectivity index (χ3n) is 4.49. The molecule has 0 aliphatic carbocycles. The highest BCUT2D eigenvalue weighted by atomic mass is 35.5. The first-order valence-electron chi connectivity index (χ1n) is 8.92. The lowest BCUT2D eigenvalue weighted by Gasteiger charge is -2.28. The Morgan fingerprint density at radius 3 is 2.76 bits per heavy atom. The van der Waals surface area contributed by atoms with Crippen molar-refractivity contribution in [3.05, 3.63) is 58.6 Å². The van der Waals surface area contributed by atoms with Crippen LogP contribution in [0.4, 0.5) is 10.8 Å². The second-order valence-electron chi connectivity index (χ2n) is 6.47. The van der Waals surface area contributed by atoms with Crippen molar-refractivity contribution >= 4 is 49.7 Å². The molecule has 0 radical (unpaired) electrons. The number of rotatable bonds is 4. The van der Waals surface area contributed by atoms with Crippen LogP contribution in [-0.4, -0.2) is 36.6 Å². The molecule has 4 rings (SSSR count). The van der Waals surface area contributed by atoms with Crippen LogP contribution in [0, 0.1) is 0 Å². The third-order valence-corrected chi connectivity index (χ3v) is 7.43. The van der Waals surface area contributed by atoms with Gasteiger partial charge in [-0.1, -0.05) is 17.7 Å². The van der Waals surface area contributed by atoms with Gasteiger partial charge in [-0.15, -0.1) is 11.3 Å². The maximum Gasteiger partial charge on any atom is 0.258 e. The first kappa shape index (κ1) is 19.8. The SMILES string of the molecule is O=C(Nc1nc(-c2ccccn2)cs1)c1ccc(N2CCCCS2(=O)=O)cc1Cl. The molecule has 0 spiro atoms. The molecule has 1 N–H and O–H groups in total. The van der Waals surface area contributed by atoms with Gasteiger partial charge in [-0.2, -0.15) is 0 Å². The largest absolute Gasteiger partial charge is 0.298 e. The van der Waals surface area contributed by atoms with E-state index in [1.165, 1.54) is 27.8 Å². The van der Waals surface area contributed by atoms with Gasteiger partial charge in [0.2, 0.25) is 10.0 Å². The number of aromatic nitrogens is 2. The quantitative estimate of drug-likeness (QED) is 0.650. The summed E-state index contributed by atoms with van der Waals surface area (Å²) in [7, 11) is -3.34. The minimum absolute atomic E-state index is 0.121. The van der Waals surface area contributed by atoms with Gasteiger partial charge in [0.05, 0.1) is 27.7 Å². The molecule has 0 atom stereocenters. The van der Waals surface area contributed by atoms with Crippen molar-refractivity contribution in [2.45, 2.75) is 12.8 Å². The zero-order valence-corrected chi connectivity index (χ0v) is 17.6. The summed E-state index contributed by atoms with van der Waals surface area (Å²) in [5, 5.41) is 5.15. The van der Waals surface area contributed by atoms with Crippen LogP contribution in [0.1, 0.15) is 23.2 Å². The zero-order chi connectivity index (χ0) is 20.4. The second kappa shape index (κ2) is 8.10. The van der Waals surface area contributed by atoms with E-state index in [0.717, 1.165) is 12.1 Å². The maximum absolute atomic E-state index is 12.6. The Bertz CT molecular complexity index is 1150. The number of sulfonamides is 1. The number of halogens is 1. The monoisotopic (exact) mass is 448 g/mol. The van der Waals surface area contributed by atoms with Crippen molar-refractivity contribution in [2.75, 3.05) is 21.9 Å². The molecular formula is C19H17ClN4O3S2. The van der Waals surface area contributed by atoms with Crippen LogP contribution in [0.2, 0.25) is 5.02 Å². The standard InChI is InChI=1S/C19H17ClN4O3S2/c20-15-11-13(24-9-3-4-10-29(24,26)27)6-7-14(15)18(25)23-19-22-17(12-28-19)16-5-1-2-8-21-16/h1-2,5-8,11-12H,3-4,9-10H2,(H,22,23,25). The van der Waals surface area contributed by atoms with E-state index in [4.69, 9.17) is 11.6 Å². The van der Waals surface area contributed by atoms with Gasteiger partial charge in [0, 0.05) is 18.1 Å². The Kier molecular flexibility index (Phi) is 5.53. The Morgan fingerprint density at radius 2 is 2.03 bits per heavy atom. The van der Waals surface area contributed by atoms with Gasteiger partial charge < -0.3 is 0 Å². The highest BCUT2D eigenvalue weighted by molar-refractivity contribution is 7.92. The van der Waals surface area contributed by atoms with Crippen LogP contribution in [0.25, 0.3) is 11.4 Å². The van der Waals surface area contributed by atoms with E-state index < -0.39 is 15.9 Å².